The van der Waals surface area contributed by atoms with Gasteiger partial charge in [0.25, 0.3) is 0 Å². The Morgan fingerprint density at radius 2 is 2.19 bits per heavy atom. The largest absolute Gasteiger partial charge is 0.311 e. The standard InChI is InChI=1S/C12H14BrCl2N/c13-10-4-3-9(11(14)5-10)6-16-7-12(15)8-1-2-8/h3-5,8,12,16H,1-2,6-7H2. The Balaban J connectivity index is 1.80. The van der Waals surface area contributed by atoms with Crippen LogP contribution in [-0.2, 0) is 6.54 Å². The lowest BCUT2D eigenvalue weighted by Gasteiger charge is -2.10. The van der Waals surface area contributed by atoms with Gasteiger partial charge in [0.15, 0.2) is 0 Å². The summed E-state index contributed by atoms with van der Waals surface area (Å²) in [6, 6.07) is 5.94. The van der Waals surface area contributed by atoms with Crippen LogP contribution >= 0.6 is 39.1 Å². The lowest BCUT2D eigenvalue weighted by Crippen LogP contribution is -2.24. The van der Waals surface area contributed by atoms with Gasteiger partial charge in [0.2, 0.25) is 0 Å². The highest BCUT2D eigenvalue weighted by atomic mass is 79.9. The molecule has 0 saturated heterocycles. The van der Waals surface area contributed by atoms with Gasteiger partial charge in [0.1, 0.15) is 0 Å². The van der Waals surface area contributed by atoms with E-state index in [0.717, 1.165) is 34.1 Å². The number of hydrogen-bond donors (Lipinski definition) is 1. The summed E-state index contributed by atoms with van der Waals surface area (Å²) in [6.07, 6.45) is 2.57. The molecular formula is C12H14BrCl2N. The third kappa shape index (κ3) is 3.63. The fourth-order valence-corrected chi connectivity index (χ4v) is 2.74. The molecule has 16 heavy (non-hydrogen) atoms. The summed E-state index contributed by atoms with van der Waals surface area (Å²) in [6.45, 7) is 1.64. The summed E-state index contributed by atoms with van der Waals surface area (Å²) >= 11 is 15.7. The Labute approximate surface area is 115 Å². The van der Waals surface area contributed by atoms with Crippen molar-refractivity contribution in [2.75, 3.05) is 6.54 Å². The molecule has 0 radical (unpaired) electrons. The topological polar surface area (TPSA) is 12.0 Å². The van der Waals surface area contributed by atoms with E-state index < -0.39 is 0 Å². The third-order valence-corrected chi connectivity index (χ3v) is 4.16. The minimum Gasteiger partial charge on any atom is -0.311 e. The van der Waals surface area contributed by atoms with Crippen LogP contribution in [0.5, 0.6) is 0 Å². The average Bonchev–Trinajstić information content (AvgIpc) is 3.04. The van der Waals surface area contributed by atoms with Gasteiger partial charge in [-0.1, -0.05) is 33.6 Å². The number of alkyl halides is 1. The molecule has 1 nitrogen and oxygen atoms in total. The van der Waals surface area contributed by atoms with E-state index in [0.29, 0.717) is 0 Å². The Morgan fingerprint density at radius 3 is 2.81 bits per heavy atom. The van der Waals surface area contributed by atoms with Crippen LogP contribution in [0, 0.1) is 5.92 Å². The smallest absolute Gasteiger partial charge is 0.0488 e. The van der Waals surface area contributed by atoms with Gasteiger partial charge in [-0.05, 0) is 36.5 Å². The molecule has 88 valence electrons. The monoisotopic (exact) mass is 321 g/mol. The highest BCUT2D eigenvalue weighted by Gasteiger charge is 2.29. The molecule has 1 unspecified atom stereocenters. The van der Waals surface area contributed by atoms with Gasteiger partial charge in [-0.2, -0.15) is 0 Å². The molecule has 4 heteroatoms. The van der Waals surface area contributed by atoms with Gasteiger partial charge in [-0.25, -0.2) is 0 Å². The molecule has 1 fully saturated rings. The Hall–Kier alpha value is 0.240. The zero-order valence-corrected chi connectivity index (χ0v) is 11.9. The second-order valence-corrected chi connectivity index (χ2v) is 6.10. The van der Waals surface area contributed by atoms with Crippen molar-refractivity contribution in [2.24, 2.45) is 5.92 Å². The van der Waals surface area contributed by atoms with E-state index in [9.17, 15) is 0 Å². The number of nitrogens with one attached hydrogen (secondary N) is 1. The molecular weight excluding hydrogens is 309 g/mol. The lowest BCUT2D eigenvalue weighted by atomic mass is 10.2. The van der Waals surface area contributed by atoms with E-state index in [2.05, 4.69) is 21.2 Å². The van der Waals surface area contributed by atoms with E-state index in [1.165, 1.54) is 12.8 Å². The highest BCUT2D eigenvalue weighted by Crippen LogP contribution is 2.35. The lowest BCUT2D eigenvalue weighted by molar-refractivity contribution is 0.620. The molecule has 1 atom stereocenters. The molecule has 1 aromatic rings. The van der Waals surface area contributed by atoms with Crippen molar-refractivity contribution >= 4 is 39.1 Å². The predicted molar refractivity (Wildman–Crippen MR) is 73.2 cm³/mol. The summed E-state index contributed by atoms with van der Waals surface area (Å²) < 4.78 is 1.01. The molecule has 1 saturated carbocycles. The molecule has 0 amide bonds. The van der Waals surface area contributed by atoms with E-state index in [4.69, 9.17) is 23.2 Å². The molecule has 0 aromatic heterocycles. The SMILES string of the molecule is Clc1cc(Br)ccc1CNCC(Cl)C1CC1. The maximum atomic E-state index is 6.21. The summed E-state index contributed by atoms with van der Waals surface area (Å²) in [5.41, 5.74) is 1.12. The quantitative estimate of drug-likeness (QED) is 0.801. The third-order valence-electron chi connectivity index (χ3n) is 2.80. The van der Waals surface area contributed by atoms with Crippen LogP contribution in [0.3, 0.4) is 0 Å². The first-order valence-corrected chi connectivity index (χ1v) is 7.06. The van der Waals surface area contributed by atoms with E-state index in [1.54, 1.807) is 0 Å². The summed E-state index contributed by atoms with van der Waals surface area (Å²) in [5, 5.41) is 4.41. The summed E-state index contributed by atoms with van der Waals surface area (Å²) in [4.78, 5) is 0. The molecule has 1 aliphatic rings. The van der Waals surface area contributed by atoms with Gasteiger partial charge >= 0.3 is 0 Å². The predicted octanol–water partition coefficient (Wildman–Crippen LogP) is 4.21. The zero-order chi connectivity index (χ0) is 11.5. The van der Waals surface area contributed by atoms with Gasteiger partial charge in [-0.3, -0.25) is 0 Å². The van der Waals surface area contributed by atoms with Crippen LogP contribution in [0.2, 0.25) is 5.02 Å². The van der Waals surface area contributed by atoms with E-state index >= 15 is 0 Å². The van der Waals surface area contributed by atoms with Crippen molar-refractivity contribution in [2.45, 2.75) is 24.8 Å². The van der Waals surface area contributed by atoms with Gasteiger partial charge in [0, 0.05) is 28.0 Å². The second kappa shape index (κ2) is 5.72. The summed E-state index contributed by atoms with van der Waals surface area (Å²) in [5.74, 6) is 0.731. The number of benzene rings is 1. The molecule has 1 aromatic carbocycles. The molecule has 0 aliphatic heterocycles. The van der Waals surface area contributed by atoms with Crippen molar-refractivity contribution < 1.29 is 0 Å². The fraction of sp³-hybridized carbons (Fsp3) is 0.500. The van der Waals surface area contributed by atoms with Crippen molar-refractivity contribution in [3.63, 3.8) is 0 Å². The minimum absolute atomic E-state index is 0.272. The average molecular weight is 323 g/mol. The van der Waals surface area contributed by atoms with E-state index in [-0.39, 0.29) is 5.38 Å². The minimum atomic E-state index is 0.272. The van der Waals surface area contributed by atoms with Crippen LogP contribution < -0.4 is 5.32 Å². The van der Waals surface area contributed by atoms with Gasteiger partial charge in [0.05, 0.1) is 0 Å². The van der Waals surface area contributed by atoms with Crippen LogP contribution in [0.4, 0.5) is 0 Å². The fourth-order valence-electron chi connectivity index (χ4n) is 1.63. The first kappa shape index (κ1) is 12.7. The van der Waals surface area contributed by atoms with Crippen molar-refractivity contribution in [1.29, 1.82) is 0 Å². The van der Waals surface area contributed by atoms with Crippen molar-refractivity contribution in [1.82, 2.24) is 5.32 Å². The molecule has 0 heterocycles. The van der Waals surface area contributed by atoms with Crippen LogP contribution in [0.1, 0.15) is 18.4 Å². The Morgan fingerprint density at radius 1 is 1.44 bits per heavy atom. The van der Waals surface area contributed by atoms with Crippen LogP contribution in [0.25, 0.3) is 0 Å². The number of halogens is 3. The molecule has 1 N–H and O–H groups in total. The molecule has 2 rings (SSSR count). The summed E-state index contributed by atoms with van der Waals surface area (Å²) in [7, 11) is 0. The highest BCUT2D eigenvalue weighted by molar-refractivity contribution is 9.10. The van der Waals surface area contributed by atoms with Crippen LogP contribution in [0.15, 0.2) is 22.7 Å². The van der Waals surface area contributed by atoms with E-state index in [1.807, 2.05) is 18.2 Å². The van der Waals surface area contributed by atoms with Crippen LogP contribution in [-0.4, -0.2) is 11.9 Å². The maximum absolute atomic E-state index is 6.21. The first-order chi connectivity index (χ1) is 7.66. The molecule has 1 aliphatic carbocycles. The normalized spacial score (nSPS) is 17.4. The zero-order valence-electron chi connectivity index (χ0n) is 8.85. The Bertz CT molecular complexity index is 366. The van der Waals surface area contributed by atoms with Gasteiger partial charge in [-0.15, -0.1) is 11.6 Å². The number of hydrogen-bond acceptors (Lipinski definition) is 1. The first-order valence-electron chi connectivity index (χ1n) is 5.45. The molecule has 0 bridgehead atoms. The Kier molecular flexibility index (Phi) is 4.54. The molecule has 0 spiro atoms. The van der Waals surface area contributed by atoms with Crippen molar-refractivity contribution in [3.8, 4) is 0 Å². The second-order valence-electron chi connectivity index (χ2n) is 4.22. The van der Waals surface area contributed by atoms with Crippen molar-refractivity contribution in [3.05, 3.63) is 33.3 Å². The number of rotatable bonds is 5. The maximum Gasteiger partial charge on any atom is 0.0488 e. The van der Waals surface area contributed by atoms with Gasteiger partial charge < -0.3 is 5.32 Å².